The summed E-state index contributed by atoms with van der Waals surface area (Å²) < 4.78 is 46.9. The minimum absolute atomic E-state index is 0.0340. The smallest absolute Gasteiger partial charge is 0.342 e. The lowest BCUT2D eigenvalue weighted by Gasteiger charge is -2.26. The molecule has 2 aromatic rings. The maximum atomic E-state index is 13.8. The van der Waals surface area contributed by atoms with Crippen LogP contribution in [0.4, 0.5) is 0 Å². The molecule has 2 aliphatic heterocycles. The first-order valence-electron chi connectivity index (χ1n) is 16.8. The third-order valence-corrected chi connectivity index (χ3v) is 8.09. The molecule has 1 N–H and O–H groups in total. The molecule has 2 aromatic carbocycles. The number of carbonyl (C=O) groups excluding carboxylic acids is 4. The number of nitrogens with one attached hydrogen (secondary N) is 1. The molecule has 0 spiro atoms. The van der Waals surface area contributed by atoms with Crippen LogP contribution in [0.15, 0.2) is 60.7 Å². The van der Waals surface area contributed by atoms with E-state index in [-0.39, 0.29) is 48.8 Å². The molecule has 4 rings (SSSR count). The summed E-state index contributed by atoms with van der Waals surface area (Å²) in [6, 6.07) is 11.8. The van der Waals surface area contributed by atoms with Gasteiger partial charge >= 0.3 is 17.9 Å². The molecule has 13 heteroatoms. The van der Waals surface area contributed by atoms with E-state index in [1.807, 2.05) is 25.1 Å². The number of rotatable bonds is 11. The Balaban J connectivity index is 1.72. The van der Waals surface area contributed by atoms with E-state index in [0.717, 1.165) is 0 Å². The minimum atomic E-state index is -0.976. The molecular weight excluding hydrogens is 662 g/mol. The summed E-state index contributed by atoms with van der Waals surface area (Å²) in [6.07, 6.45) is 4.00. The molecule has 0 radical (unpaired) electrons. The zero-order valence-electron chi connectivity index (χ0n) is 30.0. The van der Waals surface area contributed by atoms with E-state index < -0.39 is 54.2 Å². The van der Waals surface area contributed by atoms with Crippen LogP contribution in [-0.2, 0) is 38.0 Å². The van der Waals surface area contributed by atoms with Gasteiger partial charge in [0.15, 0.2) is 18.7 Å². The molecule has 0 saturated carbocycles. The molecule has 2 aliphatic rings. The number of carbonyl (C=O) groups is 4. The molecular formula is C38H47NO12. The fraction of sp³-hybridized carbons (Fsp3) is 0.474. The minimum Gasteiger partial charge on any atom is -0.489 e. The quantitative estimate of drug-likeness (QED) is 0.144. The van der Waals surface area contributed by atoms with Gasteiger partial charge in [0.2, 0.25) is 5.91 Å². The highest BCUT2D eigenvalue weighted by molar-refractivity contribution is 5.97. The van der Waals surface area contributed by atoms with Crippen molar-refractivity contribution in [2.24, 2.45) is 5.92 Å². The van der Waals surface area contributed by atoms with E-state index in [4.69, 9.17) is 37.9 Å². The highest BCUT2D eigenvalue weighted by atomic mass is 16.8. The Morgan fingerprint density at radius 1 is 1.02 bits per heavy atom. The number of esters is 3. The van der Waals surface area contributed by atoms with E-state index >= 15 is 0 Å². The molecule has 51 heavy (non-hydrogen) atoms. The van der Waals surface area contributed by atoms with E-state index in [1.54, 1.807) is 63.3 Å². The normalized spacial score (nSPS) is 24.7. The van der Waals surface area contributed by atoms with Gasteiger partial charge in [0.25, 0.3) is 0 Å². The SMILES string of the molecule is COCOc1cc(OCC(CNC(C)=O)OC(C)=O)cc2c1C(=O)O[C@@H](C)[C@H](C)/C=C\C(OC(=O)c1ccccc1)C1OC(C)(C)OC1C/C=C/2. The van der Waals surface area contributed by atoms with E-state index in [2.05, 4.69) is 5.32 Å². The molecule has 2 heterocycles. The van der Waals surface area contributed by atoms with Gasteiger partial charge in [0, 0.05) is 32.9 Å². The van der Waals surface area contributed by atoms with Gasteiger partial charge in [-0.05, 0) is 57.0 Å². The lowest BCUT2D eigenvalue weighted by molar-refractivity contribution is -0.152. The number of amides is 1. The summed E-state index contributed by atoms with van der Waals surface area (Å²) >= 11 is 0. The van der Waals surface area contributed by atoms with Crippen molar-refractivity contribution in [3.05, 3.63) is 77.4 Å². The second-order valence-corrected chi connectivity index (χ2v) is 12.8. The van der Waals surface area contributed by atoms with Crippen molar-refractivity contribution >= 4 is 29.9 Å². The summed E-state index contributed by atoms with van der Waals surface area (Å²) in [5.74, 6) is -2.85. The molecule has 0 aliphatic carbocycles. The second-order valence-electron chi connectivity index (χ2n) is 12.8. The van der Waals surface area contributed by atoms with Crippen LogP contribution in [0.5, 0.6) is 11.5 Å². The third-order valence-electron chi connectivity index (χ3n) is 8.09. The number of cyclic esters (lactones) is 1. The average Bonchev–Trinajstić information content (AvgIpc) is 3.39. The Morgan fingerprint density at radius 3 is 2.45 bits per heavy atom. The molecule has 1 saturated heterocycles. The van der Waals surface area contributed by atoms with E-state index in [9.17, 15) is 19.2 Å². The number of fused-ring (bicyclic) bond motifs is 2. The highest BCUT2D eigenvalue weighted by Gasteiger charge is 2.45. The van der Waals surface area contributed by atoms with E-state index in [1.165, 1.54) is 27.0 Å². The number of methoxy groups -OCH3 is 1. The summed E-state index contributed by atoms with van der Waals surface area (Å²) in [5, 5.41) is 2.62. The largest absolute Gasteiger partial charge is 0.489 e. The van der Waals surface area contributed by atoms with Crippen LogP contribution in [0.25, 0.3) is 6.08 Å². The Kier molecular flexibility index (Phi) is 13.8. The van der Waals surface area contributed by atoms with Crippen molar-refractivity contribution in [2.75, 3.05) is 27.1 Å². The zero-order valence-corrected chi connectivity index (χ0v) is 30.0. The summed E-state index contributed by atoms with van der Waals surface area (Å²) in [4.78, 5) is 50.3. The number of hydrogen-bond acceptors (Lipinski definition) is 12. The maximum absolute atomic E-state index is 13.8. The van der Waals surface area contributed by atoms with Crippen molar-refractivity contribution in [3.63, 3.8) is 0 Å². The molecule has 0 bridgehead atoms. The molecule has 1 fully saturated rings. The van der Waals surface area contributed by atoms with Gasteiger partial charge in [-0.2, -0.15) is 0 Å². The molecule has 0 aromatic heterocycles. The fourth-order valence-electron chi connectivity index (χ4n) is 5.51. The highest BCUT2D eigenvalue weighted by Crippen LogP contribution is 2.36. The van der Waals surface area contributed by atoms with Gasteiger partial charge in [-0.3, -0.25) is 9.59 Å². The maximum Gasteiger partial charge on any atom is 0.342 e. The number of hydrogen-bond donors (Lipinski definition) is 1. The van der Waals surface area contributed by atoms with Crippen molar-refractivity contribution in [1.82, 2.24) is 5.32 Å². The van der Waals surface area contributed by atoms with Gasteiger partial charge in [0.1, 0.15) is 42.0 Å². The Hall–Kier alpha value is -4.72. The predicted molar refractivity (Wildman–Crippen MR) is 185 cm³/mol. The van der Waals surface area contributed by atoms with Crippen molar-refractivity contribution < 1.29 is 57.1 Å². The Bertz CT molecular complexity index is 1590. The van der Waals surface area contributed by atoms with Crippen LogP contribution in [0, 0.1) is 5.92 Å². The average molecular weight is 710 g/mol. The molecule has 276 valence electrons. The van der Waals surface area contributed by atoms with Crippen molar-refractivity contribution in [3.8, 4) is 11.5 Å². The van der Waals surface area contributed by atoms with Crippen LogP contribution in [-0.4, -0.2) is 87.2 Å². The summed E-state index contributed by atoms with van der Waals surface area (Å²) in [5.41, 5.74) is 0.940. The molecule has 6 atom stereocenters. The first kappa shape index (κ1) is 39.1. The molecule has 13 nitrogen and oxygen atoms in total. The van der Waals surface area contributed by atoms with Gasteiger partial charge in [-0.15, -0.1) is 0 Å². The Morgan fingerprint density at radius 2 is 1.76 bits per heavy atom. The molecule has 1 amide bonds. The van der Waals surface area contributed by atoms with Crippen molar-refractivity contribution in [2.45, 2.75) is 84.3 Å². The van der Waals surface area contributed by atoms with Gasteiger partial charge in [-0.1, -0.05) is 43.4 Å². The van der Waals surface area contributed by atoms with Crippen LogP contribution in [0.2, 0.25) is 0 Å². The summed E-state index contributed by atoms with van der Waals surface area (Å²) in [7, 11) is 1.45. The first-order valence-corrected chi connectivity index (χ1v) is 16.8. The molecule has 4 unspecified atom stereocenters. The van der Waals surface area contributed by atoms with Gasteiger partial charge < -0.3 is 43.2 Å². The fourth-order valence-corrected chi connectivity index (χ4v) is 5.51. The lowest BCUT2D eigenvalue weighted by atomic mass is 9.98. The standard InChI is InChI=1S/C38H47NO12/c1-23-16-17-31(49-36(42)27-12-9-8-10-13-27)35-32(50-38(5,6)51-35)15-11-14-28-18-29(45-21-30(48-26(4)41)20-39-25(3)40)19-33(46-22-44-7)34(28)37(43)47-24(23)2/h8-14,16-19,23-24,30-32,35H,15,20-22H2,1-7H3,(H,39,40)/b14-11+,17-16-/t23-,24+,30?,31?,32?,35?/m1/s1. The predicted octanol–water partition coefficient (Wildman–Crippen LogP) is 5.02. The van der Waals surface area contributed by atoms with Crippen LogP contribution < -0.4 is 14.8 Å². The first-order chi connectivity index (χ1) is 24.3. The third kappa shape index (κ3) is 11.4. The Labute approximate surface area is 298 Å². The topological polar surface area (TPSA) is 154 Å². The second kappa shape index (κ2) is 18.0. The monoisotopic (exact) mass is 709 g/mol. The number of benzene rings is 2. The van der Waals surface area contributed by atoms with Crippen LogP contribution in [0.3, 0.4) is 0 Å². The zero-order chi connectivity index (χ0) is 37.1. The van der Waals surface area contributed by atoms with Crippen LogP contribution >= 0.6 is 0 Å². The van der Waals surface area contributed by atoms with E-state index in [0.29, 0.717) is 17.5 Å². The van der Waals surface area contributed by atoms with Gasteiger partial charge in [0.05, 0.1) is 18.2 Å². The van der Waals surface area contributed by atoms with Crippen LogP contribution in [0.1, 0.15) is 74.2 Å². The van der Waals surface area contributed by atoms with Crippen molar-refractivity contribution in [1.29, 1.82) is 0 Å². The lowest BCUT2D eigenvalue weighted by Crippen LogP contribution is -2.37. The van der Waals surface area contributed by atoms with Gasteiger partial charge in [-0.25, -0.2) is 9.59 Å². The summed E-state index contributed by atoms with van der Waals surface area (Å²) in [6.45, 7) is 9.60. The number of ether oxygens (including phenoxy) is 8.